The lowest BCUT2D eigenvalue weighted by Crippen LogP contribution is -2.54. The molecule has 32 heavy (non-hydrogen) atoms. The zero-order valence-electron chi connectivity index (χ0n) is 18.4. The van der Waals surface area contributed by atoms with Crippen molar-refractivity contribution in [2.75, 3.05) is 26.2 Å². The minimum absolute atomic E-state index is 0.0344. The van der Waals surface area contributed by atoms with Gasteiger partial charge in [-0.3, -0.25) is 14.9 Å². The minimum Gasteiger partial charge on any atom is -0.497 e. The lowest BCUT2D eigenvalue weighted by molar-refractivity contribution is -0.122. The monoisotopic (exact) mass is 456 g/mol. The van der Waals surface area contributed by atoms with Crippen molar-refractivity contribution in [1.82, 2.24) is 5.32 Å². The Bertz CT molecular complexity index is 1100. The van der Waals surface area contributed by atoms with E-state index in [1.165, 1.54) is 32.3 Å². The zero-order valence-corrected chi connectivity index (χ0v) is 19.2. The first-order valence-electron chi connectivity index (χ1n) is 9.77. The van der Waals surface area contributed by atoms with Crippen LogP contribution in [0.1, 0.15) is 19.4 Å². The van der Waals surface area contributed by atoms with Crippen molar-refractivity contribution < 1.29 is 28.5 Å². The quantitative estimate of drug-likeness (QED) is 0.389. The lowest BCUT2D eigenvalue weighted by atomic mass is 10.1. The molecule has 2 amide bonds. The van der Waals surface area contributed by atoms with Gasteiger partial charge in [-0.15, -0.1) is 0 Å². The molecule has 1 saturated heterocycles. The van der Waals surface area contributed by atoms with Crippen LogP contribution < -0.4 is 29.2 Å². The van der Waals surface area contributed by atoms with E-state index in [0.29, 0.717) is 34.2 Å². The molecule has 8 nitrogen and oxygen atoms in total. The van der Waals surface area contributed by atoms with Gasteiger partial charge < -0.3 is 18.9 Å². The molecule has 0 bridgehead atoms. The first-order chi connectivity index (χ1) is 15.3. The van der Waals surface area contributed by atoms with E-state index in [0.717, 1.165) is 0 Å². The number of rotatable bonds is 7. The standard InChI is InChI=1S/C23H24N2O6S/c1-13(2)31-18-9-6-14(11-20(18)30-5)10-16-21(26)24-23(32)25(22(16)27)17-8-7-15(28-3)12-19(17)29-4/h6-13H,1-5H3,(H,24,26,32)/b16-10+. The Morgan fingerprint density at radius 2 is 1.66 bits per heavy atom. The number of nitrogens with one attached hydrogen (secondary N) is 1. The first kappa shape index (κ1) is 23.1. The van der Waals surface area contributed by atoms with E-state index in [4.69, 9.17) is 31.2 Å². The van der Waals surface area contributed by atoms with Crippen molar-refractivity contribution in [3.05, 3.63) is 47.5 Å². The Balaban J connectivity index is 2.01. The van der Waals surface area contributed by atoms with Gasteiger partial charge >= 0.3 is 0 Å². The maximum absolute atomic E-state index is 13.3. The largest absolute Gasteiger partial charge is 0.497 e. The molecule has 0 saturated carbocycles. The van der Waals surface area contributed by atoms with Crippen molar-refractivity contribution in [3.8, 4) is 23.0 Å². The van der Waals surface area contributed by atoms with Gasteiger partial charge in [-0.25, -0.2) is 4.90 Å². The summed E-state index contributed by atoms with van der Waals surface area (Å²) in [6.45, 7) is 3.82. The summed E-state index contributed by atoms with van der Waals surface area (Å²) in [4.78, 5) is 27.1. The summed E-state index contributed by atoms with van der Waals surface area (Å²) in [6, 6.07) is 10.1. The maximum Gasteiger partial charge on any atom is 0.270 e. The van der Waals surface area contributed by atoms with E-state index in [1.807, 2.05) is 13.8 Å². The zero-order chi connectivity index (χ0) is 23.4. The fourth-order valence-electron chi connectivity index (χ4n) is 3.14. The summed E-state index contributed by atoms with van der Waals surface area (Å²) in [7, 11) is 4.52. The molecule has 1 heterocycles. The van der Waals surface area contributed by atoms with Gasteiger partial charge in [0, 0.05) is 6.07 Å². The van der Waals surface area contributed by atoms with E-state index in [9.17, 15) is 9.59 Å². The van der Waals surface area contributed by atoms with Crippen LogP contribution in [0.15, 0.2) is 42.0 Å². The third-order valence-corrected chi connectivity index (χ3v) is 4.88. The highest BCUT2D eigenvalue weighted by Gasteiger charge is 2.36. The van der Waals surface area contributed by atoms with E-state index in [2.05, 4.69) is 5.32 Å². The molecule has 9 heteroatoms. The molecule has 3 rings (SSSR count). The summed E-state index contributed by atoms with van der Waals surface area (Å²) < 4.78 is 21.7. The number of hydrogen-bond donors (Lipinski definition) is 1. The van der Waals surface area contributed by atoms with Gasteiger partial charge in [0.15, 0.2) is 16.6 Å². The number of nitrogens with zero attached hydrogens (tertiary/aromatic N) is 1. The molecule has 1 N–H and O–H groups in total. The number of amides is 2. The Kier molecular flexibility index (Phi) is 6.99. The van der Waals surface area contributed by atoms with Crippen LogP contribution in [-0.2, 0) is 9.59 Å². The van der Waals surface area contributed by atoms with Crippen molar-refractivity contribution in [1.29, 1.82) is 0 Å². The van der Waals surface area contributed by atoms with Crippen LogP contribution in [0.3, 0.4) is 0 Å². The predicted octanol–water partition coefficient (Wildman–Crippen LogP) is 3.33. The number of hydrogen-bond acceptors (Lipinski definition) is 7. The molecular weight excluding hydrogens is 432 g/mol. The first-order valence-corrected chi connectivity index (χ1v) is 10.2. The average molecular weight is 457 g/mol. The summed E-state index contributed by atoms with van der Waals surface area (Å²) in [5, 5.41) is 2.52. The van der Waals surface area contributed by atoms with Crippen molar-refractivity contribution in [2.24, 2.45) is 0 Å². The van der Waals surface area contributed by atoms with E-state index < -0.39 is 11.8 Å². The second kappa shape index (κ2) is 9.69. The molecule has 0 aliphatic carbocycles. The van der Waals surface area contributed by atoms with Crippen molar-refractivity contribution in [3.63, 3.8) is 0 Å². The highest BCUT2D eigenvalue weighted by atomic mass is 32.1. The molecule has 1 aliphatic rings. The Hall–Kier alpha value is -3.59. The number of methoxy groups -OCH3 is 3. The fraction of sp³-hybridized carbons (Fsp3) is 0.261. The lowest BCUT2D eigenvalue weighted by Gasteiger charge is -2.30. The summed E-state index contributed by atoms with van der Waals surface area (Å²) >= 11 is 5.27. The number of carbonyl (C=O) groups is 2. The number of benzene rings is 2. The number of anilines is 1. The Morgan fingerprint density at radius 3 is 2.28 bits per heavy atom. The Labute approximate surface area is 191 Å². The molecular formula is C23H24N2O6S. The minimum atomic E-state index is -0.592. The molecule has 2 aromatic carbocycles. The molecule has 0 spiro atoms. The normalized spacial score (nSPS) is 15.1. The second-order valence-electron chi connectivity index (χ2n) is 7.07. The van der Waals surface area contributed by atoms with Crippen LogP contribution in [-0.4, -0.2) is 44.4 Å². The molecule has 0 aromatic heterocycles. The van der Waals surface area contributed by atoms with Crippen molar-refractivity contribution in [2.45, 2.75) is 20.0 Å². The van der Waals surface area contributed by atoms with Gasteiger partial charge in [0.25, 0.3) is 11.8 Å². The maximum atomic E-state index is 13.3. The van der Waals surface area contributed by atoms with Crippen LogP contribution in [0.25, 0.3) is 6.08 Å². The number of ether oxygens (including phenoxy) is 4. The molecule has 1 fully saturated rings. The molecule has 2 aromatic rings. The molecule has 1 aliphatic heterocycles. The highest BCUT2D eigenvalue weighted by Crippen LogP contribution is 2.35. The molecule has 0 radical (unpaired) electrons. The Morgan fingerprint density at radius 1 is 0.938 bits per heavy atom. The van der Waals surface area contributed by atoms with Crippen molar-refractivity contribution >= 4 is 40.9 Å². The summed E-state index contributed by atoms with van der Waals surface area (Å²) in [5.74, 6) is 0.800. The van der Waals surface area contributed by atoms with Gasteiger partial charge in [-0.05, 0) is 62.0 Å². The number of thiocarbonyl (C=S) groups is 1. The van der Waals surface area contributed by atoms with Gasteiger partial charge in [-0.2, -0.15) is 0 Å². The third kappa shape index (κ3) is 4.67. The van der Waals surface area contributed by atoms with Crippen LogP contribution in [0, 0.1) is 0 Å². The van der Waals surface area contributed by atoms with E-state index in [1.54, 1.807) is 36.4 Å². The van der Waals surface area contributed by atoms with Gasteiger partial charge in [-0.1, -0.05) is 6.07 Å². The number of carbonyl (C=O) groups excluding carboxylic acids is 2. The summed E-state index contributed by atoms with van der Waals surface area (Å²) in [6.07, 6.45) is 1.44. The molecule has 0 atom stereocenters. The summed E-state index contributed by atoms with van der Waals surface area (Å²) in [5.41, 5.74) is 0.884. The van der Waals surface area contributed by atoms with E-state index >= 15 is 0 Å². The average Bonchev–Trinajstić information content (AvgIpc) is 2.77. The third-order valence-electron chi connectivity index (χ3n) is 4.59. The van der Waals surface area contributed by atoms with Crippen LogP contribution in [0.4, 0.5) is 5.69 Å². The van der Waals surface area contributed by atoms with Crippen LogP contribution in [0.5, 0.6) is 23.0 Å². The van der Waals surface area contributed by atoms with E-state index in [-0.39, 0.29) is 16.8 Å². The second-order valence-corrected chi connectivity index (χ2v) is 7.46. The molecule has 0 unspecified atom stereocenters. The topological polar surface area (TPSA) is 86.3 Å². The SMILES string of the molecule is COc1ccc(N2C(=O)/C(=C/c3ccc(OC(C)C)c(OC)c3)C(=O)NC2=S)c(OC)c1. The smallest absolute Gasteiger partial charge is 0.270 e. The van der Waals surface area contributed by atoms with Gasteiger partial charge in [0.2, 0.25) is 0 Å². The van der Waals surface area contributed by atoms with Gasteiger partial charge in [0.05, 0.1) is 33.1 Å². The van der Waals surface area contributed by atoms with Crippen LogP contribution >= 0.6 is 12.2 Å². The molecule has 168 valence electrons. The fourth-order valence-corrected chi connectivity index (χ4v) is 3.41. The highest BCUT2D eigenvalue weighted by molar-refractivity contribution is 7.80. The predicted molar refractivity (Wildman–Crippen MR) is 125 cm³/mol. The van der Waals surface area contributed by atoms with Crippen LogP contribution in [0.2, 0.25) is 0 Å². The van der Waals surface area contributed by atoms with Gasteiger partial charge in [0.1, 0.15) is 17.1 Å².